The van der Waals surface area contributed by atoms with E-state index in [4.69, 9.17) is 0 Å². The number of unbranched alkanes of at least 4 members (excludes halogenated alkanes) is 3. The summed E-state index contributed by atoms with van der Waals surface area (Å²) < 4.78 is 0. The Labute approximate surface area is 193 Å². The van der Waals surface area contributed by atoms with Gasteiger partial charge in [-0.05, 0) is 51.2 Å². The fourth-order valence-electron chi connectivity index (χ4n) is 4.28. The highest BCUT2D eigenvalue weighted by molar-refractivity contribution is 6.12. The first kappa shape index (κ1) is 28.7. The minimum absolute atomic E-state index is 0.100. The van der Waals surface area contributed by atoms with E-state index in [-0.39, 0.29) is 31.6 Å². The van der Waals surface area contributed by atoms with Gasteiger partial charge < -0.3 is 20.2 Å². The van der Waals surface area contributed by atoms with Gasteiger partial charge in [-0.3, -0.25) is 19.4 Å². The lowest BCUT2D eigenvalue weighted by atomic mass is 9.93. The summed E-state index contributed by atoms with van der Waals surface area (Å²) in [5.74, 6) is 0.147. The van der Waals surface area contributed by atoms with Crippen molar-refractivity contribution in [3.8, 4) is 0 Å². The second-order valence-electron chi connectivity index (χ2n) is 8.66. The maximum Gasteiger partial charge on any atom is 0.253 e. The molecule has 0 saturated heterocycles. The first-order valence-corrected chi connectivity index (χ1v) is 12.4. The van der Waals surface area contributed by atoms with Gasteiger partial charge in [0.25, 0.3) is 11.8 Å². The zero-order valence-electron chi connectivity index (χ0n) is 20.0. The van der Waals surface area contributed by atoms with Crippen LogP contribution in [-0.2, 0) is 9.59 Å². The van der Waals surface area contributed by atoms with Crippen LogP contribution in [0.15, 0.2) is 12.2 Å². The Morgan fingerprint density at radius 1 is 0.719 bits per heavy atom. The van der Waals surface area contributed by atoms with Gasteiger partial charge in [0.15, 0.2) is 0 Å². The molecule has 1 aliphatic rings. The predicted octanol–water partition coefficient (Wildman–Crippen LogP) is 1.25. The Morgan fingerprint density at radius 3 is 1.72 bits per heavy atom. The second-order valence-corrected chi connectivity index (χ2v) is 8.66. The van der Waals surface area contributed by atoms with Gasteiger partial charge in [-0.25, -0.2) is 0 Å². The van der Waals surface area contributed by atoms with Crippen LogP contribution < -0.4 is 0 Å². The number of hydrogen-bond acceptors (Lipinski definition) is 7. The lowest BCUT2D eigenvalue weighted by Crippen LogP contribution is -2.33. The Morgan fingerprint density at radius 2 is 1.22 bits per heavy atom. The molecular weight excluding hydrogens is 410 g/mol. The van der Waals surface area contributed by atoms with Crippen LogP contribution in [0.25, 0.3) is 0 Å². The van der Waals surface area contributed by atoms with E-state index < -0.39 is 0 Å². The van der Waals surface area contributed by atoms with E-state index in [1.165, 1.54) is 17.1 Å². The Bertz CT molecular complexity index is 494. The molecule has 0 aromatic heterocycles. The highest BCUT2D eigenvalue weighted by Crippen LogP contribution is 2.20. The third kappa shape index (κ3) is 12.1. The lowest BCUT2D eigenvalue weighted by molar-refractivity contribution is -0.136. The molecule has 0 fully saturated rings. The van der Waals surface area contributed by atoms with E-state index in [0.29, 0.717) is 32.1 Å². The number of nitrogens with zero attached hydrogens (tertiary/aromatic N) is 3. The van der Waals surface area contributed by atoms with Crippen molar-refractivity contribution >= 4 is 11.8 Å². The van der Waals surface area contributed by atoms with Crippen molar-refractivity contribution in [2.75, 3.05) is 65.6 Å². The highest BCUT2D eigenvalue weighted by Gasteiger charge is 2.22. The number of rotatable bonds is 21. The summed E-state index contributed by atoms with van der Waals surface area (Å²) >= 11 is 0. The van der Waals surface area contributed by atoms with Crippen molar-refractivity contribution in [1.82, 2.24) is 14.7 Å². The van der Waals surface area contributed by atoms with Crippen LogP contribution in [0.2, 0.25) is 0 Å². The van der Waals surface area contributed by atoms with Crippen molar-refractivity contribution in [3.63, 3.8) is 0 Å². The Kier molecular flexibility index (Phi) is 16.3. The molecule has 2 amide bonds. The molecule has 32 heavy (non-hydrogen) atoms. The summed E-state index contributed by atoms with van der Waals surface area (Å²) in [6, 6.07) is 0. The molecule has 1 heterocycles. The average Bonchev–Trinajstić information content (AvgIpc) is 3.09. The third-order valence-corrected chi connectivity index (χ3v) is 6.14. The van der Waals surface area contributed by atoms with Crippen LogP contribution >= 0.6 is 0 Å². The predicted molar refractivity (Wildman–Crippen MR) is 126 cm³/mol. The summed E-state index contributed by atoms with van der Waals surface area (Å²) in [5, 5.41) is 27.8. The molecule has 0 aromatic carbocycles. The van der Waals surface area contributed by atoms with Crippen LogP contribution in [0.1, 0.15) is 58.3 Å². The lowest BCUT2D eigenvalue weighted by Gasteiger charge is -2.27. The molecule has 0 saturated carbocycles. The van der Waals surface area contributed by atoms with E-state index in [2.05, 4.69) is 16.7 Å². The fourth-order valence-corrected chi connectivity index (χ4v) is 4.28. The average molecular weight is 456 g/mol. The molecule has 1 rings (SSSR count). The monoisotopic (exact) mass is 455 g/mol. The highest BCUT2D eigenvalue weighted by atomic mass is 16.3. The van der Waals surface area contributed by atoms with Crippen molar-refractivity contribution in [2.24, 2.45) is 5.92 Å². The maximum atomic E-state index is 11.6. The summed E-state index contributed by atoms with van der Waals surface area (Å²) in [6.45, 7) is 7.76. The number of aliphatic hydroxyl groups excluding tert-OH is 3. The largest absolute Gasteiger partial charge is 0.395 e. The Balaban J connectivity index is 2.41. The summed E-state index contributed by atoms with van der Waals surface area (Å²) in [4.78, 5) is 28.9. The zero-order chi connectivity index (χ0) is 23.6. The van der Waals surface area contributed by atoms with Crippen LogP contribution in [0, 0.1) is 5.92 Å². The summed E-state index contributed by atoms with van der Waals surface area (Å²) in [6.07, 6.45) is 11.0. The molecular formula is C24H45N3O5. The molecule has 8 heteroatoms. The second kappa shape index (κ2) is 18.1. The van der Waals surface area contributed by atoms with Gasteiger partial charge in [-0.15, -0.1) is 0 Å². The number of amides is 2. The molecule has 1 aliphatic heterocycles. The van der Waals surface area contributed by atoms with Gasteiger partial charge in [0.2, 0.25) is 0 Å². The van der Waals surface area contributed by atoms with Crippen LogP contribution in [-0.4, -0.2) is 107 Å². The van der Waals surface area contributed by atoms with Crippen molar-refractivity contribution in [2.45, 2.75) is 58.3 Å². The molecule has 0 radical (unpaired) electrons. The van der Waals surface area contributed by atoms with Crippen molar-refractivity contribution < 1.29 is 24.9 Å². The zero-order valence-corrected chi connectivity index (χ0v) is 20.0. The van der Waals surface area contributed by atoms with E-state index in [9.17, 15) is 24.9 Å². The molecule has 3 N–H and O–H groups in total. The quantitative estimate of drug-likeness (QED) is 0.177. The molecule has 0 aliphatic carbocycles. The molecule has 0 spiro atoms. The van der Waals surface area contributed by atoms with Gasteiger partial charge in [0, 0.05) is 38.3 Å². The van der Waals surface area contributed by atoms with E-state index in [1.807, 2.05) is 0 Å². The molecule has 1 atom stereocenters. The molecule has 8 nitrogen and oxygen atoms in total. The van der Waals surface area contributed by atoms with Gasteiger partial charge in [-0.2, -0.15) is 0 Å². The van der Waals surface area contributed by atoms with Gasteiger partial charge in [-0.1, -0.05) is 32.6 Å². The van der Waals surface area contributed by atoms with Gasteiger partial charge >= 0.3 is 0 Å². The number of carbonyl (C=O) groups is 2. The normalized spacial score (nSPS) is 15.0. The van der Waals surface area contributed by atoms with E-state index >= 15 is 0 Å². The molecule has 186 valence electrons. The van der Waals surface area contributed by atoms with Gasteiger partial charge in [0.1, 0.15) is 0 Å². The first-order valence-electron chi connectivity index (χ1n) is 12.4. The van der Waals surface area contributed by atoms with Crippen LogP contribution in [0.4, 0.5) is 0 Å². The number of carbonyl (C=O) groups excluding carboxylic acids is 2. The SMILES string of the molecule is CCCN(CCO)CCC(CCCCCCN1C(=O)C=CC1=O)CCN(CCO)CCO. The minimum atomic E-state index is -0.204. The van der Waals surface area contributed by atoms with Crippen molar-refractivity contribution in [1.29, 1.82) is 0 Å². The molecule has 0 bridgehead atoms. The number of hydrogen-bond donors (Lipinski definition) is 3. The number of imide groups is 1. The van der Waals surface area contributed by atoms with E-state index in [1.54, 1.807) is 0 Å². The van der Waals surface area contributed by atoms with E-state index in [0.717, 1.165) is 71.0 Å². The molecule has 1 unspecified atom stereocenters. The van der Waals surface area contributed by atoms with Crippen LogP contribution in [0.5, 0.6) is 0 Å². The smallest absolute Gasteiger partial charge is 0.253 e. The first-order chi connectivity index (χ1) is 15.5. The summed E-state index contributed by atoms with van der Waals surface area (Å²) in [7, 11) is 0. The number of aliphatic hydroxyl groups is 3. The third-order valence-electron chi connectivity index (χ3n) is 6.14. The summed E-state index contributed by atoms with van der Waals surface area (Å²) in [5.41, 5.74) is 0. The van der Waals surface area contributed by atoms with Crippen molar-refractivity contribution in [3.05, 3.63) is 12.2 Å². The van der Waals surface area contributed by atoms with Crippen LogP contribution in [0.3, 0.4) is 0 Å². The fraction of sp³-hybridized carbons (Fsp3) is 0.833. The minimum Gasteiger partial charge on any atom is -0.395 e. The standard InChI is InChI=1S/C24H45N3O5/c1-2-12-25(16-19-28)14-10-22(11-15-26(17-20-29)18-21-30)7-5-3-4-6-13-27-23(31)8-9-24(27)32/h8-9,22,28-30H,2-7,10-21H2,1H3. The maximum absolute atomic E-state index is 11.6. The molecule has 0 aromatic rings. The Hall–Kier alpha value is -1.32. The topological polar surface area (TPSA) is 105 Å². The van der Waals surface area contributed by atoms with Gasteiger partial charge in [0.05, 0.1) is 19.8 Å².